The Morgan fingerprint density at radius 3 is 2.46 bits per heavy atom. The van der Waals surface area contributed by atoms with Gasteiger partial charge in [0.15, 0.2) is 0 Å². The molecule has 1 heterocycles. The fourth-order valence-corrected chi connectivity index (χ4v) is 2.74. The minimum atomic E-state index is -4.69. The van der Waals surface area contributed by atoms with Gasteiger partial charge in [0.2, 0.25) is 0 Å². The third-order valence-electron chi connectivity index (χ3n) is 4.09. The molecule has 1 aromatic heterocycles. The van der Waals surface area contributed by atoms with Crippen LogP contribution in [0.2, 0.25) is 0 Å². The number of halogens is 5. The van der Waals surface area contributed by atoms with Crippen LogP contribution in [-0.2, 0) is 6.18 Å². The highest BCUT2D eigenvalue weighted by Crippen LogP contribution is 2.34. The molecule has 5 nitrogen and oxygen atoms in total. The first-order valence-corrected chi connectivity index (χ1v) is 8.33. The summed E-state index contributed by atoms with van der Waals surface area (Å²) in [6.45, 7) is 3.63. The standard InChI is InChI=1S/C18H19F5N4O/c1-8(2)15(11-5-4-10(6-12(11)20)18(21,22)23)27-16-14(13(24)7-19)17(28)26-9(3)25-16/h4-6,8,15,24H,7H2,1-3H3,(H2,25,26,27,28). The Balaban J connectivity index is 2.54. The number of benzene rings is 1. The lowest BCUT2D eigenvalue weighted by atomic mass is 9.94. The molecule has 0 saturated heterocycles. The number of anilines is 1. The molecule has 0 saturated carbocycles. The molecule has 1 unspecified atom stereocenters. The number of rotatable bonds is 6. The summed E-state index contributed by atoms with van der Waals surface area (Å²) in [6, 6.07) is 1.29. The van der Waals surface area contributed by atoms with Crippen LogP contribution in [0.25, 0.3) is 0 Å². The molecular formula is C18H19F5N4O. The van der Waals surface area contributed by atoms with Gasteiger partial charge in [-0.2, -0.15) is 13.2 Å². The zero-order valence-corrected chi connectivity index (χ0v) is 15.3. The summed E-state index contributed by atoms with van der Waals surface area (Å²) in [5.41, 5.74) is -2.90. The minimum Gasteiger partial charge on any atom is -0.362 e. The third-order valence-corrected chi connectivity index (χ3v) is 4.09. The maximum atomic E-state index is 14.4. The van der Waals surface area contributed by atoms with Crippen LogP contribution in [0.15, 0.2) is 23.0 Å². The van der Waals surface area contributed by atoms with E-state index in [1.165, 1.54) is 6.92 Å². The molecular weight excluding hydrogens is 383 g/mol. The monoisotopic (exact) mass is 402 g/mol. The molecule has 0 amide bonds. The highest BCUT2D eigenvalue weighted by atomic mass is 19.4. The lowest BCUT2D eigenvalue weighted by Gasteiger charge is -2.25. The summed E-state index contributed by atoms with van der Waals surface area (Å²) in [5, 5.41) is 10.5. The van der Waals surface area contributed by atoms with E-state index in [2.05, 4.69) is 15.3 Å². The number of aromatic amines is 1. The highest BCUT2D eigenvalue weighted by Gasteiger charge is 2.32. The number of nitrogens with zero attached hydrogens (tertiary/aromatic N) is 1. The third kappa shape index (κ3) is 4.55. The first-order valence-electron chi connectivity index (χ1n) is 8.33. The number of nitrogens with one attached hydrogen (secondary N) is 3. The van der Waals surface area contributed by atoms with Crippen LogP contribution >= 0.6 is 0 Å². The van der Waals surface area contributed by atoms with Crippen molar-refractivity contribution in [3.8, 4) is 0 Å². The Kier molecular flexibility index (Phi) is 6.20. The van der Waals surface area contributed by atoms with Crippen LogP contribution in [0.1, 0.15) is 42.4 Å². The number of hydrogen-bond donors (Lipinski definition) is 3. The number of aromatic nitrogens is 2. The molecule has 28 heavy (non-hydrogen) atoms. The Hall–Kier alpha value is -2.78. The van der Waals surface area contributed by atoms with Crippen molar-refractivity contribution in [2.75, 3.05) is 12.0 Å². The van der Waals surface area contributed by atoms with Crippen LogP contribution in [0, 0.1) is 24.1 Å². The summed E-state index contributed by atoms with van der Waals surface area (Å²) < 4.78 is 65.8. The molecule has 1 atom stereocenters. The summed E-state index contributed by atoms with van der Waals surface area (Å²) in [7, 11) is 0. The lowest BCUT2D eigenvalue weighted by Crippen LogP contribution is -2.27. The zero-order valence-electron chi connectivity index (χ0n) is 15.3. The fraction of sp³-hybridized carbons (Fsp3) is 0.389. The van der Waals surface area contributed by atoms with Crippen LogP contribution in [-0.4, -0.2) is 22.4 Å². The van der Waals surface area contributed by atoms with E-state index in [4.69, 9.17) is 5.41 Å². The molecule has 0 fully saturated rings. The second-order valence-electron chi connectivity index (χ2n) is 6.59. The summed E-state index contributed by atoms with van der Waals surface area (Å²) in [5.74, 6) is -1.37. The molecule has 0 spiro atoms. The molecule has 0 aliphatic heterocycles. The highest BCUT2D eigenvalue weighted by molar-refractivity contribution is 6.02. The van der Waals surface area contributed by atoms with E-state index in [1.54, 1.807) is 13.8 Å². The molecule has 0 radical (unpaired) electrons. The Morgan fingerprint density at radius 2 is 1.96 bits per heavy atom. The molecule has 0 aliphatic rings. The lowest BCUT2D eigenvalue weighted by molar-refractivity contribution is -0.137. The largest absolute Gasteiger partial charge is 0.416 e. The van der Waals surface area contributed by atoms with Crippen molar-refractivity contribution in [1.29, 1.82) is 5.41 Å². The van der Waals surface area contributed by atoms with Crippen molar-refractivity contribution >= 4 is 11.5 Å². The molecule has 0 aliphatic carbocycles. The minimum absolute atomic E-state index is 0.0690. The number of alkyl halides is 4. The number of aryl methyl sites for hydroxylation is 1. The first-order chi connectivity index (χ1) is 13.0. The molecule has 2 rings (SSSR count). The first kappa shape index (κ1) is 21.5. The smallest absolute Gasteiger partial charge is 0.362 e. The van der Waals surface area contributed by atoms with Gasteiger partial charge in [-0.15, -0.1) is 0 Å². The SMILES string of the molecule is Cc1nc(NC(c2ccc(C(F)(F)F)cc2F)C(C)C)c(C(=N)CF)c(=O)[nH]1. The molecule has 10 heteroatoms. The maximum absolute atomic E-state index is 14.4. The van der Waals surface area contributed by atoms with E-state index in [0.29, 0.717) is 6.07 Å². The maximum Gasteiger partial charge on any atom is 0.416 e. The predicted octanol–water partition coefficient (Wildman–Crippen LogP) is 4.38. The normalized spacial score (nSPS) is 12.9. The molecule has 2 aromatic rings. The second kappa shape index (κ2) is 8.07. The van der Waals surface area contributed by atoms with Crippen LogP contribution in [0.5, 0.6) is 0 Å². The van der Waals surface area contributed by atoms with Gasteiger partial charge in [-0.3, -0.25) is 4.79 Å². The summed E-state index contributed by atoms with van der Waals surface area (Å²) in [6.07, 6.45) is -4.69. The predicted molar refractivity (Wildman–Crippen MR) is 95.0 cm³/mol. The van der Waals surface area contributed by atoms with Crippen LogP contribution in [0.3, 0.4) is 0 Å². The zero-order chi connectivity index (χ0) is 21.2. The topological polar surface area (TPSA) is 81.6 Å². The van der Waals surface area contributed by atoms with Crippen molar-refractivity contribution in [3.63, 3.8) is 0 Å². The number of H-pyrrole nitrogens is 1. The van der Waals surface area contributed by atoms with Gasteiger partial charge in [0.25, 0.3) is 5.56 Å². The van der Waals surface area contributed by atoms with E-state index in [-0.39, 0.29) is 28.7 Å². The van der Waals surface area contributed by atoms with Crippen molar-refractivity contribution in [2.24, 2.45) is 5.92 Å². The Morgan fingerprint density at radius 1 is 1.32 bits per heavy atom. The van der Waals surface area contributed by atoms with Crippen molar-refractivity contribution in [1.82, 2.24) is 9.97 Å². The van der Waals surface area contributed by atoms with E-state index in [0.717, 1.165) is 12.1 Å². The van der Waals surface area contributed by atoms with E-state index in [1.807, 2.05) is 0 Å². The van der Waals surface area contributed by atoms with Gasteiger partial charge >= 0.3 is 6.18 Å². The quantitative estimate of drug-likeness (QED) is 0.495. The van der Waals surface area contributed by atoms with Crippen LogP contribution in [0.4, 0.5) is 27.8 Å². The van der Waals surface area contributed by atoms with Crippen LogP contribution < -0.4 is 10.9 Å². The average Bonchev–Trinajstić information content (AvgIpc) is 2.57. The average molecular weight is 402 g/mol. The van der Waals surface area contributed by atoms with E-state index < -0.39 is 41.5 Å². The Labute approximate surface area is 157 Å². The van der Waals surface area contributed by atoms with E-state index in [9.17, 15) is 26.7 Å². The van der Waals surface area contributed by atoms with Gasteiger partial charge in [-0.1, -0.05) is 19.9 Å². The van der Waals surface area contributed by atoms with Gasteiger partial charge in [0.1, 0.15) is 29.7 Å². The van der Waals surface area contributed by atoms with Gasteiger partial charge in [-0.25, -0.2) is 13.8 Å². The number of hydrogen-bond acceptors (Lipinski definition) is 4. The molecule has 1 aromatic carbocycles. The Bertz CT molecular complexity index is 937. The van der Waals surface area contributed by atoms with Crippen molar-refractivity contribution < 1.29 is 22.0 Å². The van der Waals surface area contributed by atoms with E-state index >= 15 is 0 Å². The summed E-state index contributed by atoms with van der Waals surface area (Å²) >= 11 is 0. The van der Waals surface area contributed by atoms with Crippen molar-refractivity contribution in [3.05, 3.63) is 56.9 Å². The molecule has 3 N–H and O–H groups in total. The molecule has 152 valence electrons. The fourth-order valence-electron chi connectivity index (χ4n) is 2.74. The van der Waals surface area contributed by atoms with Crippen molar-refractivity contribution in [2.45, 2.75) is 33.0 Å². The van der Waals surface area contributed by atoms with Gasteiger partial charge < -0.3 is 15.7 Å². The van der Waals surface area contributed by atoms with Gasteiger partial charge in [-0.05, 0) is 25.0 Å². The van der Waals surface area contributed by atoms with Gasteiger partial charge in [0, 0.05) is 5.56 Å². The van der Waals surface area contributed by atoms with Gasteiger partial charge in [0.05, 0.1) is 17.3 Å². The molecule has 0 bridgehead atoms. The second-order valence-corrected chi connectivity index (χ2v) is 6.59. The summed E-state index contributed by atoms with van der Waals surface area (Å²) in [4.78, 5) is 18.5.